The highest BCUT2D eigenvalue weighted by Crippen LogP contribution is 2.47. The Morgan fingerprint density at radius 2 is 1.49 bits per heavy atom. The lowest BCUT2D eigenvalue weighted by molar-refractivity contribution is -0.206. The fraction of sp³-hybridized carbons (Fsp3) is 1.00. The smallest absolute Gasteiger partial charge is 0.412 e. The van der Waals surface area contributed by atoms with Crippen LogP contribution in [0.3, 0.4) is 0 Å². The number of hydrogen-bond acceptors (Lipinski definition) is 9. The maximum atomic E-state index is 6.55. The monoisotopic (exact) mass is 568 g/mol. The van der Waals surface area contributed by atoms with Crippen molar-refractivity contribution in [1.82, 2.24) is 10.6 Å². The van der Waals surface area contributed by atoms with Gasteiger partial charge in [-0.2, -0.15) is 0 Å². The molecule has 2 bridgehead atoms. The summed E-state index contributed by atoms with van der Waals surface area (Å²) >= 11 is 0. The molecule has 0 aromatic rings. The molecule has 224 valence electrons. The van der Waals surface area contributed by atoms with E-state index in [2.05, 4.69) is 58.7 Å². The maximum Gasteiger partial charge on any atom is 0.501 e. The van der Waals surface area contributed by atoms with Crippen molar-refractivity contribution in [2.24, 2.45) is 29.2 Å². The minimum Gasteiger partial charge on any atom is -0.412 e. The molecule has 2 aliphatic rings. The van der Waals surface area contributed by atoms with E-state index < -0.39 is 17.4 Å². The number of fused-ring (bicyclic) bond motifs is 2. The SMILES string of the molecule is CC(C)[C@H]1O[Si]2(CCCNCCN)O[C@H]([C@@H]1C)[C@@H](C)C(C)(C)O2.CO[Si](C)(CCCNCCN)OC.O. The topological polar surface area (TPSA) is 154 Å². The van der Waals surface area contributed by atoms with E-state index in [0.29, 0.717) is 30.8 Å². The summed E-state index contributed by atoms with van der Waals surface area (Å²) in [6.45, 7) is 20.5. The normalized spacial score (nSPS) is 28.9. The highest BCUT2D eigenvalue weighted by atomic mass is 28.4. The second-order valence-electron chi connectivity index (χ2n) is 11.3. The van der Waals surface area contributed by atoms with Gasteiger partial charge in [0.05, 0.1) is 17.8 Å². The van der Waals surface area contributed by atoms with E-state index in [1.165, 1.54) is 0 Å². The zero-order valence-corrected chi connectivity index (χ0v) is 27.2. The Morgan fingerprint density at radius 1 is 0.946 bits per heavy atom. The molecule has 10 nitrogen and oxygen atoms in total. The van der Waals surface area contributed by atoms with Crippen molar-refractivity contribution in [3.8, 4) is 0 Å². The lowest BCUT2D eigenvalue weighted by Crippen LogP contribution is -2.70. The number of nitrogens with two attached hydrogens (primary N) is 2. The third kappa shape index (κ3) is 11.6. The Bertz CT molecular complexity index is 604. The van der Waals surface area contributed by atoms with Crippen LogP contribution in [0.4, 0.5) is 0 Å². The molecule has 8 N–H and O–H groups in total. The van der Waals surface area contributed by atoms with Gasteiger partial charge in [-0.25, -0.2) is 0 Å². The number of hydrogen-bond donors (Lipinski definition) is 4. The maximum absolute atomic E-state index is 6.55. The zero-order chi connectivity index (χ0) is 27.4. The Balaban J connectivity index is 0.000000797. The lowest BCUT2D eigenvalue weighted by atomic mass is 9.78. The average Bonchev–Trinajstić information content (AvgIpc) is 2.84. The van der Waals surface area contributed by atoms with Crippen LogP contribution < -0.4 is 22.1 Å². The van der Waals surface area contributed by atoms with Gasteiger partial charge in [0.2, 0.25) is 0 Å². The molecule has 2 rings (SSSR count). The van der Waals surface area contributed by atoms with Gasteiger partial charge in [-0.1, -0.05) is 27.7 Å². The standard InChI is InChI=1S/C17H36N2O3Si.C8H22N2O2Si.H2O/c1-12(2)15-13(3)16-14(4)17(5,6)22-23(20-15,21-16)11-7-9-19-10-8-18;1-11-13(3,12-2)8-4-6-10-7-5-9;/h12-16,19H,7-11,18H2,1-6H3;10H,4-9H2,1-3H3;1H2/t13-,14-,15-,16-,23?;;/m1../s1. The summed E-state index contributed by atoms with van der Waals surface area (Å²) in [4.78, 5) is 0. The van der Waals surface area contributed by atoms with Crippen molar-refractivity contribution in [3.63, 3.8) is 0 Å². The molecule has 37 heavy (non-hydrogen) atoms. The van der Waals surface area contributed by atoms with Crippen molar-refractivity contribution in [2.75, 3.05) is 53.5 Å². The Morgan fingerprint density at radius 3 is 1.97 bits per heavy atom. The molecule has 2 saturated heterocycles. The van der Waals surface area contributed by atoms with Crippen LogP contribution in [0, 0.1) is 17.8 Å². The van der Waals surface area contributed by atoms with E-state index in [0.717, 1.165) is 51.1 Å². The molecule has 2 heterocycles. The predicted octanol–water partition coefficient (Wildman–Crippen LogP) is 1.85. The largest absolute Gasteiger partial charge is 0.501 e. The van der Waals surface area contributed by atoms with Crippen LogP contribution in [0.5, 0.6) is 0 Å². The van der Waals surface area contributed by atoms with Gasteiger partial charge < -0.3 is 49.7 Å². The first-order valence-electron chi connectivity index (χ1n) is 13.9. The molecule has 5 atom stereocenters. The van der Waals surface area contributed by atoms with Crippen LogP contribution >= 0.6 is 0 Å². The lowest BCUT2D eigenvalue weighted by Gasteiger charge is -2.57. The zero-order valence-electron chi connectivity index (χ0n) is 25.2. The summed E-state index contributed by atoms with van der Waals surface area (Å²) in [6.07, 6.45) is 2.56. The van der Waals surface area contributed by atoms with Crippen molar-refractivity contribution < 1.29 is 27.6 Å². The Kier molecular flexibility index (Phi) is 17.7. The van der Waals surface area contributed by atoms with E-state index >= 15 is 0 Å². The van der Waals surface area contributed by atoms with Gasteiger partial charge >= 0.3 is 17.4 Å². The Hall–Kier alpha value is 0.0338. The summed E-state index contributed by atoms with van der Waals surface area (Å²) < 4.78 is 30.3. The van der Waals surface area contributed by atoms with Gasteiger partial charge in [-0.15, -0.1) is 0 Å². The van der Waals surface area contributed by atoms with Crippen molar-refractivity contribution in [2.45, 2.75) is 90.8 Å². The molecule has 0 aromatic carbocycles. The Labute approximate surface area is 229 Å². The summed E-state index contributed by atoms with van der Waals surface area (Å²) in [5, 5.41) is 6.59. The average molecular weight is 569 g/mol. The summed E-state index contributed by atoms with van der Waals surface area (Å²) in [6, 6.07) is 1.91. The van der Waals surface area contributed by atoms with Crippen LogP contribution in [-0.4, -0.2) is 94.1 Å². The minimum atomic E-state index is -2.61. The first kappa shape index (κ1) is 37.0. The summed E-state index contributed by atoms with van der Waals surface area (Å²) in [5.41, 5.74) is 10.7. The van der Waals surface area contributed by atoms with Gasteiger partial charge in [0.1, 0.15) is 0 Å². The number of rotatable bonds is 15. The van der Waals surface area contributed by atoms with E-state index in [1.54, 1.807) is 14.2 Å². The molecule has 0 saturated carbocycles. The third-order valence-corrected chi connectivity index (χ3v) is 13.7. The third-order valence-electron chi connectivity index (χ3n) is 7.66. The molecule has 0 aromatic heterocycles. The van der Waals surface area contributed by atoms with Crippen LogP contribution in [-0.2, 0) is 22.1 Å². The van der Waals surface area contributed by atoms with E-state index in [1.807, 2.05) is 0 Å². The fourth-order valence-electron chi connectivity index (χ4n) is 4.96. The van der Waals surface area contributed by atoms with Crippen LogP contribution in [0.25, 0.3) is 0 Å². The summed E-state index contributed by atoms with van der Waals surface area (Å²) in [7, 11) is -0.988. The summed E-state index contributed by atoms with van der Waals surface area (Å²) in [5.74, 6) is 1.26. The highest BCUT2D eigenvalue weighted by Gasteiger charge is 2.61. The molecule has 2 fully saturated rings. The van der Waals surface area contributed by atoms with E-state index in [4.69, 9.17) is 33.6 Å². The van der Waals surface area contributed by atoms with Crippen molar-refractivity contribution >= 4 is 17.4 Å². The van der Waals surface area contributed by atoms with E-state index in [9.17, 15) is 0 Å². The van der Waals surface area contributed by atoms with Gasteiger partial charge in [0.25, 0.3) is 0 Å². The molecule has 0 aliphatic carbocycles. The van der Waals surface area contributed by atoms with Gasteiger partial charge in [0.15, 0.2) is 0 Å². The van der Waals surface area contributed by atoms with Crippen molar-refractivity contribution in [1.29, 1.82) is 0 Å². The molecule has 0 spiro atoms. The molecular weight excluding hydrogens is 508 g/mol. The molecular formula is C25H60N4O6Si2. The van der Waals surface area contributed by atoms with E-state index in [-0.39, 0.29) is 23.3 Å². The van der Waals surface area contributed by atoms with Crippen molar-refractivity contribution in [3.05, 3.63) is 0 Å². The fourth-order valence-corrected chi connectivity index (χ4v) is 10.2. The second-order valence-corrected chi connectivity index (χ2v) is 17.4. The van der Waals surface area contributed by atoms with Gasteiger partial charge in [-0.05, 0) is 58.3 Å². The first-order valence-corrected chi connectivity index (χ1v) is 18.3. The molecule has 12 heteroatoms. The van der Waals surface area contributed by atoms with Crippen LogP contribution in [0.2, 0.25) is 18.6 Å². The minimum absolute atomic E-state index is 0. The predicted molar refractivity (Wildman–Crippen MR) is 156 cm³/mol. The molecule has 2 aliphatic heterocycles. The molecule has 0 amide bonds. The molecule has 1 unspecified atom stereocenters. The second kappa shape index (κ2) is 17.7. The van der Waals surface area contributed by atoms with Gasteiger partial charge in [0, 0.05) is 58.3 Å². The highest BCUT2D eigenvalue weighted by molar-refractivity contribution is 6.65. The van der Waals surface area contributed by atoms with Crippen LogP contribution in [0.15, 0.2) is 0 Å². The van der Waals surface area contributed by atoms with Gasteiger partial charge in [-0.3, -0.25) is 0 Å². The number of nitrogens with one attached hydrogen (secondary N) is 2. The quantitative estimate of drug-likeness (QED) is 0.171. The van der Waals surface area contributed by atoms with Crippen LogP contribution in [0.1, 0.15) is 54.4 Å². The molecule has 0 radical (unpaired) electrons. The first-order chi connectivity index (χ1) is 16.9.